The molecule has 0 spiro atoms. The van der Waals surface area contributed by atoms with Crippen molar-refractivity contribution in [2.24, 2.45) is 9.98 Å². The van der Waals surface area contributed by atoms with Gasteiger partial charge in [0.15, 0.2) is 5.82 Å². The average molecular weight is 320 g/mol. The number of benzene rings is 2. The van der Waals surface area contributed by atoms with Gasteiger partial charge in [0.1, 0.15) is 6.67 Å². The summed E-state index contributed by atoms with van der Waals surface area (Å²) in [5, 5.41) is 12.3. The standard InChI is InChI=1S/C17H16N6O/c1-9(10-2-5-14-15(7-10)20-8-19-14)21-17(24)11-3-4-13-12(6-11)16(18)23-22-13/h2-7,9H,8H2,1H3,(H,21,24)(H3,18,22,23). The minimum atomic E-state index is -0.160. The lowest BCUT2D eigenvalue weighted by Gasteiger charge is -2.14. The third kappa shape index (κ3) is 2.40. The quantitative estimate of drug-likeness (QED) is 0.665. The molecule has 0 bridgehead atoms. The van der Waals surface area contributed by atoms with Gasteiger partial charge in [0.25, 0.3) is 5.91 Å². The average Bonchev–Trinajstić information content (AvgIpc) is 3.20. The van der Waals surface area contributed by atoms with E-state index in [9.17, 15) is 4.79 Å². The summed E-state index contributed by atoms with van der Waals surface area (Å²) in [6.45, 7) is 2.42. The third-order valence-electron chi connectivity index (χ3n) is 4.18. The minimum Gasteiger partial charge on any atom is -0.382 e. The number of aromatic amines is 1. The van der Waals surface area contributed by atoms with Gasteiger partial charge in [-0.05, 0) is 42.8 Å². The molecule has 24 heavy (non-hydrogen) atoms. The smallest absolute Gasteiger partial charge is 0.251 e. The van der Waals surface area contributed by atoms with E-state index in [-0.39, 0.29) is 11.9 Å². The van der Waals surface area contributed by atoms with Gasteiger partial charge in [-0.25, -0.2) is 0 Å². The van der Waals surface area contributed by atoms with Crippen LogP contribution in [0, 0.1) is 0 Å². The van der Waals surface area contributed by atoms with Gasteiger partial charge in [-0.1, -0.05) is 6.07 Å². The number of carbonyl (C=O) groups excluding carboxylic acids is 1. The molecular weight excluding hydrogens is 304 g/mol. The predicted octanol–water partition coefficient (Wildman–Crippen LogP) is 0.846. The lowest BCUT2D eigenvalue weighted by Crippen LogP contribution is -2.29. The van der Waals surface area contributed by atoms with Crippen molar-refractivity contribution in [3.63, 3.8) is 0 Å². The maximum absolute atomic E-state index is 12.5. The van der Waals surface area contributed by atoms with Crippen LogP contribution in [0.1, 0.15) is 28.9 Å². The summed E-state index contributed by atoms with van der Waals surface area (Å²) in [5.41, 5.74) is 8.14. The summed E-state index contributed by atoms with van der Waals surface area (Å²) in [4.78, 5) is 21.1. The highest BCUT2D eigenvalue weighted by molar-refractivity contribution is 6.00. The Morgan fingerprint density at radius 2 is 2.04 bits per heavy atom. The van der Waals surface area contributed by atoms with Crippen molar-refractivity contribution in [3.8, 4) is 0 Å². The molecule has 1 aliphatic heterocycles. The Labute approximate surface area is 137 Å². The molecule has 1 atom stereocenters. The van der Waals surface area contributed by atoms with Crippen LogP contribution in [0.5, 0.6) is 0 Å². The van der Waals surface area contributed by atoms with Gasteiger partial charge in [0, 0.05) is 10.9 Å². The van der Waals surface area contributed by atoms with E-state index in [0.29, 0.717) is 18.1 Å². The van der Waals surface area contributed by atoms with Crippen molar-refractivity contribution in [3.05, 3.63) is 58.2 Å². The number of rotatable bonds is 3. The molecule has 1 aliphatic rings. The van der Waals surface area contributed by atoms with Crippen LogP contribution >= 0.6 is 0 Å². The van der Waals surface area contributed by atoms with Gasteiger partial charge < -0.3 is 11.1 Å². The number of nitrogen functional groups attached to an aromatic ring is 1. The Morgan fingerprint density at radius 3 is 2.92 bits per heavy atom. The van der Waals surface area contributed by atoms with E-state index >= 15 is 0 Å². The van der Waals surface area contributed by atoms with Gasteiger partial charge in [-0.2, -0.15) is 5.10 Å². The molecule has 1 unspecified atom stereocenters. The van der Waals surface area contributed by atoms with Gasteiger partial charge in [0.2, 0.25) is 0 Å². The highest BCUT2D eigenvalue weighted by Gasteiger charge is 2.14. The Balaban J connectivity index is 1.58. The fraction of sp³-hybridized carbons (Fsp3) is 0.176. The second-order valence-electron chi connectivity index (χ2n) is 5.77. The van der Waals surface area contributed by atoms with E-state index in [1.54, 1.807) is 18.2 Å². The summed E-state index contributed by atoms with van der Waals surface area (Å²) < 4.78 is 0. The maximum Gasteiger partial charge on any atom is 0.251 e. The molecule has 2 aromatic carbocycles. The highest BCUT2D eigenvalue weighted by atomic mass is 16.1. The first-order valence-corrected chi connectivity index (χ1v) is 7.65. The molecule has 0 aliphatic carbocycles. The molecule has 0 saturated carbocycles. The van der Waals surface area contributed by atoms with E-state index in [2.05, 4.69) is 25.5 Å². The summed E-state index contributed by atoms with van der Waals surface area (Å²) in [7, 11) is 0. The Morgan fingerprint density at radius 1 is 1.21 bits per heavy atom. The number of amides is 1. The summed E-state index contributed by atoms with van der Waals surface area (Å²) in [5.74, 6) is 0.226. The number of hydrogen-bond acceptors (Lipinski definition) is 5. The van der Waals surface area contributed by atoms with Crippen LogP contribution in [-0.2, 0) is 0 Å². The zero-order valence-electron chi connectivity index (χ0n) is 13.1. The van der Waals surface area contributed by atoms with Gasteiger partial charge >= 0.3 is 0 Å². The van der Waals surface area contributed by atoms with Crippen molar-refractivity contribution in [2.75, 3.05) is 12.4 Å². The summed E-state index contributed by atoms with van der Waals surface area (Å²) >= 11 is 0. The molecule has 0 radical (unpaired) electrons. The zero-order chi connectivity index (χ0) is 16.7. The fourth-order valence-corrected chi connectivity index (χ4v) is 2.80. The first-order chi connectivity index (χ1) is 11.6. The second-order valence-corrected chi connectivity index (χ2v) is 5.77. The molecular formula is C17H16N6O. The Hall–Kier alpha value is -3.22. The van der Waals surface area contributed by atoms with Crippen molar-refractivity contribution < 1.29 is 4.79 Å². The van der Waals surface area contributed by atoms with E-state index in [1.165, 1.54) is 0 Å². The SMILES string of the molecule is CC(NC(=O)c1ccc2[nH]nc(N)c2c1)c1ccc2c(c1)=NCN=2. The van der Waals surface area contributed by atoms with Crippen LogP contribution < -0.4 is 21.8 Å². The van der Waals surface area contributed by atoms with Crippen LogP contribution in [0.3, 0.4) is 0 Å². The van der Waals surface area contributed by atoms with Crippen molar-refractivity contribution in [2.45, 2.75) is 13.0 Å². The molecule has 3 aromatic rings. The van der Waals surface area contributed by atoms with Gasteiger partial charge in [-0.15, -0.1) is 0 Å². The Kier molecular flexibility index (Phi) is 3.26. The number of aromatic nitrogens is 2. The number of hydrogen-bond donors (Lipinski definition) is 3. The maximum atomic E-state index is 12.5. The highest BCUT2D eigenvalue weighted by Crippen LogP contribution is 2.19. The molecule has 0 fully saturated rings. The summed E-state index contributed by atoms with van der Waals surface area (Å²) in [6.07, 6.45) is 0. The van der Waals surface area contributed by atoms with Crippen LogP contribution in [0.25, 0.3) is 10.9 Å². The van der Waals surface area contributed by atoms with E-state index in [1.807, 2.05) is 25.1 Å². The van der Waals surface area contributed by atoms with Crippen LogP contribution in [0.15, 0.2) is 46.4 Å². The molecule has 2 heterocycles. The predicted molar refractivity (Wildman–Crippen MR) is 90.0 cm³/mol. The Bertz CT molecular complexity index is 1070. The first kappa shape index (κ1) is 14.4. The molecule has 4 rings (SSSR count). The number of nitrogens with two attached hydrogens (primary N) is 1. The second kappa shape index (κ2) is 5.45. The topological polar surface area (TPSA) is 109 Å². The number of nitrogens with one attached hydrogen (secondary N) is 2. The largest absolute Gasteiger partial charge is 0.382 e. The van der Waals surface area contributed by atoms with E-state index in [4.69, 9.17) is 5.73 Å². The normalized spacial score (nSPS) is 13.9. The molecule has 0 saturated heterocycles. The van der Waals surface area contributed by atoms with Crippen molar-refractivity contribution in [1.29, 1.82) is 0 Å². The number of H-pyrrole nitrogens is 1. The monoisotopic (exact) mass is 320 g/mol. The number of anilines is 1. The lowest BCUT2D eigenvalue weighted by molar-refractivity contribution is 0.0940. The van der Waals surface area contributed by atoms with Crippen LogP contribution in [0.2, 0.25) is 0 Å². The third-order valence-corrected chi connectivity index (χ3v) is 4.18. The number of carbonyl (C=O) groups is 1. The lowest BCUT2D eigenvalue weighted by atomic mass is 10.1. The van der Waals surface area contributed by atoms with Gasteiger partial charge in [0.05, 0.1) is 22.3 Å². The molecule has 1 aromatic heterocycles. The molecule has 7 heteroatoms. The number of fused-ring (bicyclic) bond motifs is 2. The summed E-state index contributed by atoms with van der Waals surface area (Å²) in [6, 6.07) is 11.0. The zero-order valence-corrected chi connectivity index (χ0v) is 13.1. The molecule has 7 nitrogen and oxygen atoms in total. The van der Waals surface area contributed by atoms with Crippen LogP contribution in [0.4, 0.5) is 5.82 Å². The van der Waals surface area contributed by atoms with Crippen molar-refractivity contribution in [1.82, 2.24) is 15.5 Å². The molecule has 120 valence electrons. The minimum absolute atomic E-state index is 0.143. The van der Waals surface area contributed by atoms with Gasteiger partial charge in [-0.3, -0.25) is 19.9 Å². The van der Waals surface area contributed by atoms with Crippen LogP contribution in [-0.4, -0.2) is 22.8 Å². The number of nitrogens with zero attached hydrogens (tertiary/aromatic N) is 3. The van der Waals surface area contributed by atoms with Crippen molar-refractivity contribution >= 4 is 22.6 Å². The molecule has 1 amide bonds. The van der Waals surface area contributed by atoms with E-state index < -0.39 is 0 Å². The molecule has 4 N–H and O–H groups in total. The first-order valence-electron chi connectivity index (χ1n) is 7.65. The fourth-order valence-electron chi connectivity index (χ4n) is 2.80. The van der Waals surface area contributed by atoms with E-state index in [0.717, 1.165) is 27.2 Å².